The third-order valence-corrected chi connectivity index (χ3v) is 10.7. The number of unbranched alkanes of at least 4 members (excludes halogenated alkanes) is 10. The van der Waals surface area contributed by atoms with Gasteiger partial charge in [-0.3, -0.25) is 15.8 Å². The van der Waals surface area contributed by atoms with Gasteiger partial charge in [0.25, 0.3) is 0 Å². The van der Waals surface area contributed by atoms with Crippen LogP contribution in [0.5, 0.6) is 5.75 Å². The molecule has 0 saturated heterocycles. The zero-order valence-electron chi connectivity index (χ0n) is 34.9. The van der Waals surface area contributed by atoms with Gasteiger partial charge in [-0.05, 0) is 76.4 Å². The van der Waals surface area contributed by atoms with Crippen molar-refractivity contribution in [1.29, 1.82) is 21.3 Å². The molecule has 0 spiro atoms. The summed E-state index contributed by atoms with van der Waals surface area (Å²) in [5.74, 6) is 0.270. The van der Waals surface area contributed by atoms with Gasteiger partial charge in [0.2, 0.25) is 0 Å². The van der Waals surface area contributed by atoms with Gasteiger partial charge in [0.15, 0.2) is 11.4 Å². The van der Waals surface area contributed by atoms with Gasteiger partial charge in [0, 0.05) is 43.6 Å². The number of ether oxygens (including phenoxy) is 1. The van der Waals surface area contributed by atoms with Crippen LogP contribution in [0.1, 0.15) is 137 Å². The quantitative estimate of drug-likeness (QED) is 0.0281. The molecule has 8 nitrogen and oxygen atoms in total. The van der Waals surface area contributed by atoms with E-state index < -0.39 is 11.4 Å². The molecule has 3 aromatic carbocycles. The van der Waals surface area contributed by atoms with Crippen LogP contribution in [0.3, 0.4) is 0 Å². The predicted octanol–water partition coefficient (Wildman–Crippen LogP) is 12.6. The Morgan fingerprint density at radius 3 is 1.83 bits per heavy atom. The molecular formula is C49H58N5O3Zn-. The largest absolute Gasteiger partial charge is 0.655 e. The Hall–Kier alpha value is -5.24. The minimum atomic E-state index is -0.590. The molecule has 3 N–H and O–H groups in total. The topological polar surface area (TPSA) is 155 Å². The molecule has 0 aliphatic heterocycles. The third-order valence-electron chi connectivity index (χ3n) is 10.7. The zero-order valence-corrected chi connectivity index (χ0v) is 37.9. The van der Waals surface area contributed by atoms with Crippen LogP contribution >= 0.6 is 0 Å². The number of hydrogen-bond donors (Lipinski definition) is 3. The van der Waals surface area contributed by atoms with Crippen LogP contribution in [0, 0.1) is 40.4 Å². The van der Waals surface area contributed by atoms with Crippen LogP contribution in [0.15, 0.2) is 67.4 Å². The number of nitrogens with one attached hydrogen (secondary N) is 2. The molecular weight excluding hydrogens is 772 g/mol. The molecule has 0 atom stereocenters. The Kier molecular flexibility index (Phi) is 21.8. The van der Waals surface area contributed by atoms with Gasteiger partial charge in [0.05, 0.1) is 0 Å². The van der Waals surface area contributed by atoms with E-state index in [1.165, 1.54) is 149 Å². The van der Waals surface area contributed by atoms with E-state index in [1.54, 1.807) is 6.20 Å². The summed E-state index contributed by atoms with van der Waals surface area (Å²) in [6.45, 7) is 11.9. The van der Waals surface area contributed by atoms with E-state index in [0.29, 0.717) is 5.52 Å². The summed E-state index contributed by atoms with van der Waals surface area (Å²) < 4.78 is 3.74. The van der Waals surface area contributed by atoms with E-state index in [1.807, 2.05) is 25.1 Å². The van der Waals surface area contributed by atoms with Crippen LogP contribution < -0.4 is 0 Å². The Labute approximate surface area is 358 Å². The van der Waals surface area contributed by atoms with Crippen LogP contribution in [-0.2, 0) is 34.4 Å². The number of carbonyl (C=O) groups excluding carboxylic acids is 1. The first-order valence-electron chi connectivity index (χ1n) is 20.2. The fraction of sp³-hybridized carbons (Fsp3) is 0.388. The van der Waals surface area contributed by atoms with Gasteiger partial charge >= 0.3 is 0 Å². The second-order valence-corrected chi connectivity index (χ2v) is 14.6. The number of phenols is 1. The molecule has 1 aliphatic rings. The molecule has 1 heterocycles. The second-order valence-electron chi connectivity index (χ2n) is 14.6. The zero-order chi connectivity index (χ0) is 41.6. The van der Waals surface area contributed by atoms with Crippen molar-refractivity contribution in [3.8, 4) is 29.0 Å². The van der Waals surface area contributed by atoms with Crippen LogP contribution in [-0.4, -0.2) is 35.1 Å². The number of methoxy groups -OCH3 is 1. The number of aromatic hydroxyl groups is 1. The van der Waals surface area contributed by atoms with Crippen molar-refractivity contribution in [2.75, 3.05) is 7.11 Å². The van der Waals surface area contributed by atoms with Crippen molar-refractivity contribution in [2.45, 2.75) is 116 Å². The maximum atomic E-state index is 10.6. The number of nitriles is 2. The summed E-state index contributed by atoms with van der Waals surface area (Å²) in [7, 11) is 1.26. The van der Waals surface area contributed by atoms with Gasteiger partial charge in [0.1, 0.15) is 23.4 Å². The monoisotopic (exact) mass is 828 g/mol. The SMILES string of the molecule is C=Cc1ccc2c(c1)C(CCCCCCCC)(CCCCCCCC)c1cc(/C=C/c3cc(C)c(O)c4ncccc34)ccc1-2.CO[C-]=O.N#CC(=N)C(=N)C#N.[Zn]. The van der Waals surface area contributed by atoms with E-state index in [0.717, 1.165) is 16.5 Å². The third kappa shape index (κ3) is 13.2. The molecule has 1 aromatic heterocycles. The maximum Gasteiger partial charge on any atom is 0.168 e. The summed E-state index contributed by atoms with van der Waals surface area (Å²) in [5.41, 5.74) is 9.74. The van der Waals surface area contributed by atoms with E-state index >= 15 is 0 Å². The number of aryl methyl sites for hydroxylation is 1. The second kappa shape index (κ2) is 25.9. The molecule has 0 amide bonds. The molecule has 1 aliphatic carbocycles. The Bertz CT molecular complexity index is 2070. The van der Waals surface area contributed by atoms with E-state index in [-0.39, 0.29) is 30.6 Å². The maximum absolute atomic E-state index is 10.6. The first-order valence-corrected chi connectivity index (χ1v) is 20.2. The fourth-order valence-corrected chi connectivity index (χ4v) is 7.67. The Morgan fingerprint density at radius 1 is 0.828 bits per heavy atom. The van der Waals surface area contributed by atoms with Gasteiger partial charge < -0.3 is 14.6 Å². The van der Waals surface area contributed by atoms with Gasteiger partial charge in [-0.2, -0.15) is 10.5 Å². The summed E-state index contributed by atoms with van der Waals surface area (Å²) in [6.07, 6.45) is 26.4. The average molecular weight is 830 g/mol. The fourth-order valence-electron chi connectivity index (χ4n) is 7.67. The Balaban J connectivity index is 0.000000780. The van der Waals surface area contributed by atoms with Gasteiger partial charge in [-0.25, -0.2) is 0 Å². The van der Waals surface area contributed by atoms with Crippen molar-refractivity contribution < 1.29 is 34.1 Å². The number of phenolic OH excluding ortho intramolecular Hbond substituents is 1. The van der Waals surface area contributed by atoms with Crippen molar-refractivity contribution in [2.24, 2.45) is 0 Å². The molecule has 0 bridgehead atoms. The molecule has 300 valence electrons. The molecule has 4 aromatic rings. The van der Waals surface area contributed by atoms with Crippen LogP contribution in [0.4, 0.5) is 0 Å². The molecule has 58 heavy (non-hydrogen) atoms. The van der Waals surface area contributed by atoms with E-state index in [9.17, 15) is 5.11 Å². The molecule has 0 saturated carbocycles. The summed E-state index contributed by atoms with van der Waals surface area (Å²) in [5, 5.41) is 40.4. The van der Waals surface area contributed by atoms with Gasteiger partial charge in [-0.1, -0.05) is 165 Å². The summed E-state index contributed by atoms with van der Waals surface area (Å²) in [4.78, 5) is 13.3. The molecule has 5 rings (SSSR count). The van der Waals surface area contributed by atoms with E-state index in [4.69, 9.17) is 26.1 Å². The standard InChI is InChI=1S/C43H53NO.C4H2N4.C2H3O2.Zn/c1-5-8-10-12-14-16-26-43(27-17-15-13-11-9-6-2)39-30-33(7-3)21-24-37(39)38-25-22-34(31-40(38)43)20-23-35-29-32(4)42(45)41-36(35)19-18-28-44-41;5-1-3(7)4(8)2-6;1-4-2-3;/h7,18-25,28-31,45H,3,5-6,8-17,26-27H2,1-2,4H3;7-8H;1H3;/q;;-1;/b23-20+;;;. The first-order chi connectivity index (χ1) is 27.7. The summed E-state index contributed by atoms with van der Waals surface area (Å²) >= 11 is 0. The minimum absolute atomic E-state index is 0. The molecule has 0 radical (unpaired) electrons. The number of fused-ring (bicyclic) bond motifs is 4. The van der Waals surface area contributed by atoms with Crippen LogP contribution in [0.25, 0.3) is 40.3 Å². The normalized spacial score (nSPS) is 11.6. The number of nitrogens with zero attached hydrogens (tertiary/aromatic N) is 3. The number of rotatable bonds is 19. The smallest absolute Gasteiger partial charge is 0.168 e. The predicted molar refractivity (Wildman–Crippen MR) is 235 cm³/mol. The number of benzene rings is 3. The van der Waals surface area contributed by atoms with Gasteiger partial charge in [-0.15, -0.1) is 0 Å². The number of hydrogen-bond acceptors (Lipinski definition) is 8. The van der Waals surface area contributed by atoms with Crippen molar-refractivity contribution in [3.63, 3.8) is 0 Å². The Morgan fingerprint density at radius 2 is 1.33 bits per heavy atom. The number of aromatic nitrogens is 1. The molecule has 9 heteroatoms. The number of pyridine rings is 1. The van der Waals surface area contributed by atoms with Crippen molar-refractivity contribution >= 4 is 47.0 Å². The summed E-state index contributed by atoms with van der Waals surface area (Å²) in [6, 6.07) is 22.9. The molecule has 0 fully saturated rings. The average Bonchev–Trinajstić information content (AvgIpc) is 3.51. The van der Waals surface area contributed by atoms with Crippen molar-refractivity contribution in [3.05, 3.63) is 101 Å². The van der Waals surface area contributed by atoms with E-state index in [2.05, 4.69) is 84.8 Å². The van der Waals surface area contributed by atoms with Crippen molar-refractivity contribution in [1.82, 2.24) is 4.98 Å². The minimum Gasteiger partial charge on any atom is -0.655 e. The molecule has 0 unspecified atom stereocenters. The van der Waals surface area contributed by atoms with Crippen LogP contribution in [0.2, 0.25) is 0 Å². The first kappa shape index (κ1) is 48.9.